The van der Waals surface area contributed by atoms with E-state index < -0.39 is 0 Å². The van der Waals surface area contributed by atoms with Crippen LogP contribution in [0.5, 0.6) is 0 Å². The molecule has 0 aromatic carbocycles. The maximum absolute atomic E-state index is 11.5. The Bertz CT molecular complexity index is 246. The zero-order valence-corrected chi connectivity index (χ0v) is 8.05. The molecule has 0 aliphatic heterocycles. The van der Waals surface area contributed by atoms with Crippen LogP contribution in [0.3, 0.4) is 0 Å². The SMILES string of the molecule is C=C1CC(C(C)C)C(=O)C=C1C. The van der Waals surface area contributed by atoms with Gasteiger partial charge in [-0.25, -0.2) is 0 Å². The van der Waals surface area contributed by atoms with Crippen LogP contribution in [-0.4, -0.2) is 5.78 Å². The van der Waals surface area contributed by atoms with Gasteiger partial charge < -0.3 is 0 Å². The van der Waals surface area contributed by atoms with Crippen molar-refractivity contribution in [2.24, 2.45) is 11.8 Å². The van der Waals surface area contributed by atoms with Crippen molar-refractivity contribution in [3.63, 3.8) is 0 Å². The fourth-order valence-corrected chi connectivity index (χ4v) is 1.51. The summed E-state index contributed by atoms with van der Waals surface area (Å²) in [6.45, 7) is 10.1. The standard InChI is InChI=1S/C11H16O/c1-7(2)10-5-8(3)9(4)6-11(10)12/h6-7,10H,3,5H2,1-2,4H3. The van der Waals surface area contributed by atoms with Gasteiger partial charge in [0, 0.05) is 5.92 Å². The maximum atomic E-state index is 11.5. The van der Waals surface area contributed by atoms with Crippen LogP contribution in [-0.2, 0) is 4.79 Å². The number of carbonyl (C=O) groups excluding carboxylic acids is 1. The van der Waals surface area contributed by atoms with Crippen molar-refractivity contribution in [2.75, 3.05) is 0 Å². The highest BCUT2D eigenvalue weighted by Gasteiger charge is 2.25. The van der Waals surface area contributed by atoms with Crippen LogP contribution in [0.1, 0.15) is 27.2 Å². The Morgan fingerprint density at radius 2 is 2.17 bits per heavy atom. The van der Waals surface area contributed by atoms with Gasteiger partial charge in [-0.15, -0.1) is 0 Å². The molecule has 0 radical (unpaired) electrons. The second-order valence-corrected chi connectivity index (χ2v) is 3.89. The average molecular weight is 164 g/mol. The summed E-state index contributed by atoms with van der Waals surface area (Å²) in [6, 6.07) is 0. The third-order valence-corrected chi connectivity index (χ3v) is 2.55. The molecule has 1 aliphatic rings. The summed E-state index contributed by atoms with van der Waals surface area (Å²) in [5.41, 5.74) is 2.17. The molecule has 12 heavy (non-hydrogen) atoms. The molecule has 1 unspecified atom stereocenters. The second-order valence-electron chi connectivity index (χ2n) is 3.89. The van der Waals surface area contributed by atoms with Crippen molar-refractivity contribution >= 4 is 5.78 Å². The Balaban J connectivity index is 2.87. The Kier molecular flexibility index (Phi) is 2.51. The Morgan fingerprint density at radius 1 is 1.58 bits per heavy atom. The van der Waals surface area contributed by atoms with E-state index in [1.807, 2.05) is 6.92 Å². The monoisotopic (exact) mass is 164 g/mol. The van der Waals surface area contributed by atoms with E-state index >= 15 is 0 Å². The number of allylic oxidation sites excluding steroid dienone is 3. The van der Waals surface area contributed by atoms with Gasteiger partial charge in [0.25, 0.3) is 0 Å². The Labute approximate surface area is 74.2 Å². The largest absolute Gasteiger partial charge is 0.295 e. The fourth-order valence-electron chi connectivity index (χ4n) is 1.51. The minimum Gasteiger partial charge on any atom is -0.295 e. The van der Waals surface area contributed by atoms with Gasteiger partial charge in [-0.2, -0.15) is 0 Å². The molecule has 0 aromatic rings. The second kappa shape index (κ2) is 3.26. The van der Waals surface area contributed by atoms with Crippen LogP contribution in [0.4, 0.5) is 0 Å². The third-order valence-electron chi connectivity index (χ3n) is 2.55. The summed E-state index contributed by atoms with van der Waals surface area (Å²) in [6.07, 6.45) is 2.58. The molecule has 0 fully saturated rings. The third kappa shape index (κ3) is 1.66. The van der Waals surface area contributed by atoms with Gasteiger partial charge in [-0.1, -0.05) is 26.0 Å². The normalized spacial score (nSPS) is 24.7. The van der Waals surface area contributed by atoms with Crippen molar-refractivity contribution in [3.8, 4) is 0 Å². The van der Waals surface area contributed by atoms with Crippen molar-refractivity contribution in [1.82, 2.24) is 0 Å². The molecule has 66 valence electrons. The quantitative estimate of drug-likeness (QED) is 0.582. The Hall–Kier alpha value is -0.850. The van der Waals surface area contributed by atoms with Gasteiger partial charge in [-0.3, -0.25) is 4.79 Å². The molecule has 1 rings (SSSR count). The van der Waals surface area contributed by atoms with Crippen molar-refractivity contribution < 1.29 is 4.79 Å². The lowest BCUT2D eigenvalue weighted by atomic mass is 9.80. The first-order chi connectivity index (χ1) is 5.52. The van der Waals surface area contributed by atoms with E-state index in [1.165, 1.54) is 0 Å². The number of ketones is 1. The minimum absolute atomic E-state index is 0.168. The predicted octanol–water partition coefficient (Wildman–Crippen LogP) is 2.73. The molecule has 0 N–H and O–H groups in total. The van der Waals surface area contributed by atoms with Crippen LogP contribution in [0.2, 0.25) is 0 Å². The van der Waals surface area contributed by atoms with Crippen LogP contribution in [0.25, 0.3) is 0 Å². The van der Waals surface area contributed by atoms with E-state index in [0.29, 0.717) is 5.92 Å². The lowest BCUT2D eigenvalue weighted by molar-refractivity contribution is -0.119. The summed E-state index contributed by atoms with van der Waals surface area (Å²) < 4.78 is 0. The molecule has 0 heterocycles. The van der Waals surface area contributed by atoms with E-state index in [-0.39, 0.29) is 11.7 Å². The fraction of sp³-hybridized carbons (Fsp3) is 0.545. The number of hydrogen-bond acceptors (Lipinski definition) is 1. The van der Waals surface area contributed by atoms with Gasteiger partial charge in [0.1, 0.15) is 0 Å². The molecule has 0 aromatic heterocycles. The van der Waals surface area contributed by atoms with Crippen LogP contribution >= 0.6 is 0 Å². The first-order valence-electron chi connectivity index (χ1n) is 4.42. The summed E-state index contributed by atoms with van der Waals surface area (Å²) in [7, 11) is 0. The average Bonchev–Trinajstić information content (AvgIpc) is 1.96. The highest BCUT2D eigenvalue weighted by atomic mass is 16.1. The van der Waals surface area contributed by atoms with Crippen molar-refractivity contribution in [1.29, 1.82) is 0 Å². The van der Waals surface area contributed by atoms with E-state index in [4.69, 9.17) is 0 Å². The van der Waals surface area contributed by atoms with Gasteiger partial charge in [0.2, 0.25) is 0 Å². The molecule has 1 aliphatic carbocycles. The lowest BCUT2D eigenvalue weighted by Gasteiger charge is -2.24. The molecule has 1 nitrogen and oxygen atoms in total. The summed E-state index contributed by atoms with van der Waals surface area (Å²) in [5.74, 6) is 0.870. The van der Waals surface area contributed by atoms with Crippen molar-refractivity contribution in [2.45, 2.75) is 27.2 Å². The minimum atomic E-state index is 0.168. The first kappa shape index (κ1) is 9.24. The highest BCUT2D eigenvalue weighted by Crippen LogP contribution is 2.29. The molecular weight excluding hydrogens is 148 g/mol. The Morgan fingerprint density at radius 3 is 2.67 bits per heavy atom. The number of rotatable bonds is 1. The van der Waals surface area contributed by atoms with Gasteiger partial charge in [0.15, 0.2) is 5.78 Å². The zero-order chi connectivity index (χ0) is 9.30. The predicted molar refractivity (Wildman–Crippen MR) is 50.8 cm³/mol. The summed E-state index contributed by atoms with van der Waals surface area (Å²) >= 11 is 0. The first-order valence-corrected chi connectivity index (χ1v) is 4.42. The molecule has 0 bridgehead atoms. The van der Waals surface area contributed by atoms with E-state index in [2.05, 4.69) is 20.4 Å². The van der Waals surface area contributed by atoms with Crippen LogP contribution < -0.4 is 0 Å². The van der Waals surface area contributed by atoms with Gasteiger partial charge in [0.05, 0.1) is 0 Å². The van der Waals surface area contributed by atoms with E-state index in [9.17, 15) is 4.79 Å². The molecule has 1 heteroatoms. The zero-order valence-electron chi connectivity index (χ0n) is 8.05. The molecule has 0 saturated carbocycles. The van der Waals surface area contributed by atoms with E-state index in [1.54, 1.807) is 6.08 Å². The van der Waals surface area contributed by atoms with Crippen LogP contribution in [0.15, 0.2) is 23.8 Å². The number of hydrogen-bond donors (Lipinski definition) is 0. The molecule has 0 saturated heterocycles. The maximum Gasteiger partial charge on any atom is 0.159 e. The van der Waals surface area contributed by atoms with Gasteiger partial charge >= 0.3 is 0 Å². The molecule has 0 amide bonds. The van der Waals surface area contributed by atoms with Crippen molar-refractivity contribution in [3.05, 3.63) is 23.8 Å². The topological polar surface area (TPSA) is 17.1 Å². The summed E-state index contributed by atoms with van der Waals surface area (Å²) in [4.78, 5) is 11.5. The number of carbonyl (C=O) groups is 1. The molecule has 0 spiro atoms. The highest BCUT2D eigenvalue weighted by molar-refractivity contribution is 5.94. The summed E-state index contributed by atoms with van der Waals surface area (Å²) in [5, 5.41) is 0. The smallest absolute Gasteiger partial charge is 0.159 e. The molecule has 1 atom stereocenters. The van der Waals surface area contributed by atoms with Crippen LogP contribution in [0, 0.1) is 11.8 Å². The van der Waals surface area contributed by atoms with E-state index in [0.717, 1.165) is 17.6 Å². The van der Waals surface area contributed by atoms with Gasteiger partial charge in [-0.05, 0) is 30.9 Å². The molecular formula is C11H16O. The lowest BCUT2D eigenvalue weighted by Crippen LogP contribution is -2.22.